The molecule has 1 saturated heterocycles. The van der Waals surface area contributed by atoms with Gasteiger partial charge in [0, 0.05) is 5.54 Å². The smallest absolute Gasteiger partial charge is 0.493 e. The Bertz CT molecular complexity index is 633. The summed E-state index contributed by atoms with van der Waals surface area (Å²) in [5.41, 5.74) is 0.217. The Morgan fingerprint density at radius 3 is 2.20 bits per heavy atom. The van der Waals surface area contributed by atoms with Crippen LogP contribution in [0.25, 0.3) is 0 Å². The largest absolute Gasteiger partial charge is 0.494 e. The quantitative estimate of drug-likeness (QED) is 0.851. The molecule has 0 spiro atoms. The summed E-state index contributed by atoms with van der Waals surface area (Å²) in [6, 6.07) is 5.47. The zero-order valence-electron chi connectivity index (χ0n) is 16.6. The Kier molecular flexibility index (Phi) is 5.27. The molecule has 0 atom stereocenters. The number of rotatable bonds is 4. The van der Waals surface area contributed by atoms with Crippen LogP contribution in [0.3, 0.4) is 0 Å². The lowest BCUT2D eigenvalue weighted by molar-refractivity contribution is 0.00578. The van der Waals surface area contributed by atoms with E-state index in [1.807, 2.05) is 67.5 Å². The summed E-state index contributed by atoms with van der Waals surface area (Å²) in [6.45, 7) is 16.3. The lowest BCUT2D eigenvalue weighted by atomic mass is 9.78. The van der Waals surface area contributed by atoms with Crippen molar-refractivity contribution in [3.8, 4) is 5.75 Å². The molecule has 0 radical (unpaired) electrons. The summed E-state index contributed by atoms with van der Waals surface area (Å²) in [5.74, 6) is 0.382. The van der Waals surface area contributed by atoms with Crippen molar-refractivity contribution >= 4 is 18.5 Å². The molecule has 1 N–H and O–H groups in total. The van der Waals surface area contributed by atoms with Crippen LogP contribution >= 0.6 is 0 Å². The second-order valence-corrected chi connectivity index (χ2v) is 8.48. The van der Waals surface area contributed by atoms with E-state index >= 15 is 0 Å². The third kappa shape index (κ3) is 4.36. The molecule has 0 aromatic heterocycles. The first-order chi connectivity index (χ1) is 11.4. The molecule has 0 bridgehead atoms. The van der Waals surface area contributed by atoms with Gasteiger partial charge in [-0.1, -0.05) is 6.07 Å². The lowest BCUT2D eigenvalue weighted by Crippen LogP contribution is -2.41. The molecule has 1 aliphatic heterocycles. The Balaban J connectivity index is 2.32. The number of carbonyl (C=O) groups is 1. The maximum atomic E-state index is 12.5. The fourth-order valence-electron chi connectivity index (χ4n) is 2.54. The van der Waals surface area contributed by atoms with Crippen LogP contribution in [0.1, 0.15) is 65.7 Å². The summed E-state index contributed by atoms with van der Waals surface area (Å²) >= 11 is 0. The summed E-state index contributed by atoms with van der Waals surface area (Å²) in [7, 11) is -0.482. The number of benzene rings is 1. The van der Waals surface area contributed by atoms with Crippen LogP contribution in [0.4, 0.5) is 0 Å². The van der Waals surface area contributed by atoms with Gasteiger partial charge in [-0.25, -0.2) is 0 Å². The Morgan fingerprint density at radius 2 is 1.72 bits per heavy atom. The number of ether oxygens (including phenoxy) is 1. The minimum absolute atomic E-state index is 0.156. The zero-order valence-corrected chi connectivity index (χ0v) is 16.6. The second kappa shape index (κ2) is 6.65. The average molecular weight is 347 g/mol. The van der Waals surface area contributed by atoms with E-state index in [9.17, 15) is 4.79 Å². The predicted molar refractivity (Wildman–Crippen MR) is 101 cm³/mol. The molecular formula is C19H30BNO4. The average Bonchev–Trinajstić information content (AvgIpc) is 2.66. The second-order valence-electron chi connectivity index (χ2n) is 8.48. The van der Waals surface area contributed by atoms with Crippen molar-refractivity contribution in [3.63, 3.8) is 0 Å². The first-order valence-electron chi connectivity index (χ1n) is 8.81. The number of hydrogen-bond acceptors (Lipinski definition) is 4. The fraction of sp³-hybridized carbons (Fsp3) is 0.632. The highest BCUT2D eigenvalue weighted by molar-refractivity contribution is 6.62. The van der Waals surface area contributed by atoms with E-state index < -0.39 is 18.3 Å². The minimum Gasteiger partial charge on any atom is -0.493 e. The fourth-order valence-corrected chi connectivity index (χ4v) is 2.54. The Morgan fingerprint density at radius 1 is 1.16 bits per heavy atom. The first kappa shape index (κ1) is 19.8. The maximum Gasteiger partial charge on any atom is 0.494 e. The number of nitrogens with one attached hydrogen (secondary N) is 1. The molecule has 1 aromatic carbocycles. The number of amides is 1. The van der Waals surface area contributed by atoms with Crippen molar-refractivity contribution in [1.29, 1.82) is 0 Å². The van der Waals surface area contributed by atoms with E-state index in [0.29, 0.717) is 17.9 Å². The highest BCUT2D eigenvalue weighted by atomic mass is 16.7. The van der Waals surface area contributed by atoms with E-state index in [2.05, 4.69) is 5.32 Å². The van der Waals surface area contributed by atoms with Gasteiger partial charge in [-0.2, -0.15) is 0 Å². The van der Waals surface area contributed by atoms with Gasteiger partial charge in [0.05, 0.1) is 23.4 Å². The Labute approximate surface area is 151 Å². The molecule has 0 saturated carbocycles. The molecule has 6 heteroatoms. The standard InChI is InChI=1S/C19H30BNO4/c1-9-23-15-12-13(20-24-18(5,6)19(7,8)25-20)10-11-14(15)16(22)21-17(2,3)4/h10-12H,9H2,1-8H3,(H,21,22). The van der Waals surface area contributed by atoms with Crippen molar-refractivity contribution in [1.82, 2.24) is 5.32 Å². The van der Waals surface area contributed by atoms with E-state index in [1.54, 1.807) is 6.07 Å². The predicted octanol–water partition coefficient (Wildman–Crippen LogP) is 2.91. The minimum atomic E-state index is -0.482. The summed E-state index contributed by atoms with van der Waals surface area (Å²) in [5, 5.41) is 2.97. The molecule has 2 rings (SSSR count). The molecule has 1 aromatic rings. The van der Waals surface area contributed by atoms with Gasteiger partial charge in [0.15, 0.2) is 0 Å². The molecule has 138 valence electrons. The zero-order chi connectivity index (χ0) is 19.0. The topological polar surface area (TPSA) is 56.8 Å². The molecule has 5 nitrogen and oxygen atoms in total. The summed E-state index contributed by atoms with van der Waals surface area (Å²) in [4.78, 5) is 12.5. The van der Waals surface area contributed by atoms with E-state index in [1.165, 1.54) is 0 Å². The first-order valence-corrected chi connectivity index (χ1v) is 8.81. The van der Waals surface area contributed by atoms with E-state index in [-0.39, 0.29) is 11.4 Å². The summed E-state index contributed by atoms with van der Waals surface area (Å²) < 4.78 is 17.9. The number of carbonyl (C=O) groups excluding carboxylic acids is 1. The van der Waals surface area contributed by atoms with Gasteiger partial charge < -0.3 is 19.4 Å². The van der Waals surface area contributed by atoms with Gasteiger partial charge in [0.2, 0.25) is 0 Å². The van der Waals surface area contributed by atoms with Crippen molar-refractivity contribution in [2.24, 2.45) is 0 Å². The molecule has 1 fully saturated rings. The van der Waals surface area contributed by atoms with Crippen LogP contribution in [0, 0.1) is 0 Å². The molecule has 25 heavy (non-hydrogen) atoms. The van der Waals surface area contributed by atoms with Crippen molar-refractivity contribution in [2.75, 3.05) is 6.61 Å². The van der Waals surface area contributed by atoms with Crippen molar-refractivity contribution in [3.05, 3.63) is 23.8 Å². The lowest BCUT2D eigenvalue weighted by Gasteiger charge is -2.32. The van der Waals surface area contributed by atoms with Crippen LogP contribution in [0.5, 0.6) is 5.75 Å². The van der Waals surface area contributed by atoms with Crippen LogP contribution in [0.2, 0.25) is 0 Å². The van der Waals surface area contributed by atoms with Gasteiger partial charge in [-0.3, -0.25) is 4.79 Å². The van der Waals surface area contributed by atoms with E-state index in [4.69, 9.17) is 14.0 Å². The molecule has 1 aliphatic rings. The number of hydrogen-bond donors (Lipinski definition) is 1. The van der Waals surface area contributed by atoms with Crippen molar-refractivity contribution in [2.45, 2.75) is 72.1 Å². The maximum absolute atomic E-state index is 12.5. The van der Waals surface area contributed by atoms with Crippen LogP contribution in [-0.2, 0) is 9.31 Å². The normalized spacial score (nSPS) is 19.0. The molecule has 1 amide bonds. The van der Waals surface area contributed by atoms with Gasteiger partial charge in [0.1, 0.15) is 5.75 Å². The van der Waals surface area contributed by atoms with Crippen LogP contribution < -0.4 is 15.5 Å². The molecule has 0 aliphatic carbocycles. The highest BCUT2D eigenvalue weighted by Gasteiger charge is 2.51. The Hall–Kier alpha value is -1.53. The van der Waals surface area contributed by atoms with Gasteiger partial charge in [-0.15, -0.1) is 0 Å². The van der Waals surface area contributed by atoms with Gasteiger partial charge >= 0.3 is 7.12 Å². The monoisotopic (exact) mass is 347 g/mol. The molecular weight excluding hydrogens is 317 g/mol. The third-order valence-corrected chi connectivity index (χ3v) is 4.56. The van der Waals surface area contributed by atoms with Crippen molar-refractivity contribution < 1.29 is 18.8 Å². The SMILES string of the molecule is CCOc1cc(B2OC(C)(C)C(C)(C)O2)ccc1C(=O)NC(C)(C)C. The van der Waals surface area contributed by atoms with E-state index in [0.717, 1.165) is 5.46 Å². The van der Waals surface area contributed by atoms with Gasteiger partial charge in [0.25, 0.3) is 5.91 Å². The molecule has 1 heterocycles. The van der Waals surface area contributed by atoms with Crippen LogP contribution in [0.15, 0.2) is 18.2 Å². The molecule has 0 unspecified atom stereocenters. The summed E-state index contributed by atoms with van der Waals surface area (Å²) in [6.07, 6.45) is 0. The third-order valence-electron chi connectivity index (χ3n) is 4.56. The highest BCUT2D eigenvalue weighted by Crippen LogP contribution is 2.36. The van der Waals surface area contributed by atoms with Gasteiger partial charge in [-0.05, 0) is 73.0 Å². The van der Waals surface area contributed by atoms with Crippen LogP contribution in [-0.4, -0.2) is 36.4 Å².